The highest BCUT2D eigenvalue weighted by molar-refractivity contribution is 5.93. The van der Waals surface area contributed by atoms with Gasteiger partial charge in [0.05, 0.1) is 24.8 Å². The van der Waals surface area contributed by atoms with Gasteiger partial charge in [-0.2, -0.15) is 10.2 Å². The normalized spacial score (nSPS) is 10.8. The van der Waals surface area contributed by atoms with Crippen molar-refractivity contribution in [2.45, 2.75) is 6.54 Å². The van der Waals surface area contributed by atoms with Gasteiger partial charge in [0.1, 0.15) is 5.75 Å². The molecule has 28 heavy (non-hydrogen) atoms. The van der Waals surface area contributed by atoms with Crippen molar-refractivity contribution in [3.63, 3.8) is 0 Å². The molecule has 0 spiro atoms. The van der Waals surface area contributed by atoms with Crippen LogP contribution in [0.1, 0.15) is 21.6 Å². The molecule has 1 heterocycles. The third-order valence-electron chi connectivity index (χ3n) is 3.86. The molecule has 0 atom stereocenters. The lowest BCUT2D eigenvalue weighted by Gasteiger charge is -2.02. The molecule has 3 rings (SSSR count). The first kappa shape index (κ1) is 18.8. The Morgan fingerprint density at radius 1 is 1.21 bits per heavy atom. The Morgan fingerprint density at radius 2 is 1.93 bits per heavy atom. The topological polar surface area (TPSA) is 112 Å². The molecule has 1 amide bonds. The fourth-order valence-electron chi connectivity index (χ4n) is 2.39. The SMILES string of the molecule is COc1ccc(C=NNC(=O)c2ccn(Cc3ccc([N+](=O)[O-])cc3)n2)cc1. The lowest BCUT2D eigenvalue weighted by molar-refractivity contribution is -0.384. The average Bonchev–Trinajstić information content (AvgIpc) is 3.17. The first-order chi connectivity index (χ1) is 13.5. The summed E-state index contributed by atoms with van der Waals surface area (Å²) in [6, 6.07) is 15.0. The number of hydrogen-bond acceptors (Lipinski definition) is 6. The summed E-state index contributed by atoms with van der Waals surface area (Å²) in [4.78, 5) is 22.4. The zero-order chi connectivity index (χ0) is 19.9. The van der Waals surface area contributed by atoms with Gasteiger partial charge in [-0.1, -0.05) is 12.1 Å². The molecule has 9 heteroatoms. The minimum atomic E-state index is -0.452. The molecule has 3 aromatic rings. The molecule has 1 aromatic heterocycles. The number of carbonyl (C=O) groups is 1. The van der Waals surface area contributed by atoms with E-state index in [2.05, 4.69) is 15.6 Å². The van der Waals surface area contributed by atoms with E-state index in [0.717, 1.165) is 16.9 Å². The van der Waals surface area contributed by atoms with Crippen molar-refractivity contribution in [3.8, 4) is 5.75 Å². The second-order valence-corrected chi connectivity index (χ2v) is 5.79. The minimum absolute atomic E-state index is 0.0269. The number of benzene rings is 2. The second kappa shape index (κ2) is 8.58. The van der Waals surface area contributed by atoms with Gasteiger partial charge in [0, 0.05) is 18.3 Å². The third-order valence-corrected chi connectivity index (χ3v) is 3.86. The maximum Gasteiger partial charge on any atom is 0.291 e. The lowest BCUT2D eigenvalue weighted by Crippen LogP contribution is -2.18. The molecule has 1 N–H and O–H groups in total. The van der Waals surface area contributed by atoms with Crippen LogP contribution in [0.3, 0.4) is 0 Å². The summed E-state index contributed by atoms with van der Waals surface area (Å²) in [6.07, 6.45) is 3.18. The summed E-state index contributed by atoms with van der Waals surface area (Å²) in [5.41, 5.74) is 4.31. The van der Waals surface area contributed by atoms with E-state index >= 15 is 0 Å². The smallest absolute Gasteiger partial charge is 0.291 e. The molecular formula is C19H17N5O4. The molecule has 0 aliphatic rings. The molecule has 9 nitrogen and oxygen atoms in total. The van der Waals surface area contributed by atoms with Crippen LogP contribution in [0, 0.1) is 10.1 Å². The minimum Gasteiger partial charge on any atom is -0.497 e. The summed E-state index contributed by atoms with van der Waals surface area (Å²) in [5.74, 6) is 0.298. The summed E-state index contributed by atoms with van der Waals surface area (Å²) in [5, 5.41) is 18.8. The van der Waals surface area contributed by atoms with Crippen molar-refractivity contribution in [2.75, 3.05) is 7.11 Å². The molecule has 0 fully saturated rings. The Morgan fingerprint density at radius 3 is 2.57 bits per heavy atom. The molecule has 0 saturated heterocycles. The molecule has 0 radical (unpaired) electrons. The molecule has 0 aliphatic carbocycles. The standard InChI is InChI=1S/C19H17N5O4/c1-28-17-8-4-14(5-9-17)12-20-21-19(25)18-10-11-23(22-18)13-15-2-6-16(7-3-15)24(26)27/h2-12H,13H2,1H3,(H,21,25). The Labute approximate surface area is 160 Å². The number of amides is 1. The largest absolute Gasteiger partial charge is 0.497 e. The van der Waals surface area contributed by atoms with E-state index in [-0.39, 0.29) is 11.4 Å². The van der Waals surface area contributed by atoms with Crippen molar-refractivity contribution < 1.29 is 14.5 Å². The fraction of sp³-hybridized carbons (Fsp3) is 0.105. The van der Waals surface area contributed by atoms with Crippen LogP contribution >= 0.6 is 0 Å². The summed E-state index contributed by atoms with van der Waals surface area (Å²) < 4.78 is 6.65. The number of nitro benzene ring substituents is 1. The van der Waals surface area contributed by atoms with Crippen LogP contribution in [-0.4, -0.2) is 33.9 Å². The van der Waals surface area contributed by atoms with Crippen LogP contribution in [-0.2, 0) is 6.54 Å². The Bertz CT molecular complexity index is 994. The fourth-order valence-corrected chi connectivity index (χ4v) is 2.39. The van der Waals surface area contributed by atoms with Crippen molar-refractivity contribution >= 4 is 17.8 Å². The van der Waals surface area contributed by atoms with Gasteiger partial charge in [0.15, 0.2) is 5.69 Å². The number of methoxy groups -OCH3 is 1. The van der Waals surface area contributed by atoms with E-state index in [1.165, 1.54) is 18.3 Å². The van der Waals surface area contributed by atoms with Crippen LogP contribution in [0.15, 0.2) is 65.9 Å². The zero-order valence-corrected chi connectivity index (χ0v) is 15.0. The van der Waals surface area contributed by atoms with Crippen LogP contribution in [0.25, 0.3) is 0 Å². The van der Waals surface area contributed by atoms with E-state index in [9.17, 15) is 14.9 Å². The van der Waals surface area contributed by atoms with E-state index in [1.54, 1.807) is 48.3 Å². The van der Waals surface area contributed by atoms with E-state index in [1.807, 2.05) is 12.1 Å². The first-order valence-corrected chi connectivity index (χ1v) is 8.29. The van der Waals surface area contributed by atoms with Gasteiger partial charge in [0.25, 0.3) is 11.6 Å². The number of carbonyl (C=O) groups excluding carboxylic acids is 1. The van der Waals surface area contributed by atoms with Crippen molar-refractivity contribution in [2.24, 2.45) is 5.10 Å². The summed E-state index contributed by atoms with van der Waals surface area (Å²) in [6.45, 7) is 0.389. The lowest BCUT2D eigenvalue weighted by atomic mass is 10.2. The summed E-state index contributed by atoms with van der Waals surface area (Å²) >= 11 is 0. The van der Waals surface area contributed by atoms with Gasteiger partial charge in [-0.15, -0.1) is 0 Å². The highest BCUT2D eigenvalue weighted by Crippen LogP contribution is 2.13. The third kappa shape index (κ3) is 4.79. The molecule has 0 aliphatic heterocycles. The number of non-ortho nitro benzene ring substituents is 1. The number of nitrogens with one attached hydrogen (secondary N) is 1. The van der Waals surface area contributed by atoms with Crippen molar-refractivity contribution in [3.05, 3.63) is 87.7 Å². The summed E-state index contributed by atoms with van der Waals surface area (Å²) in [7, 11) is 1.59. The maximum absolute atomic E-state index is 12.1. The Balaban J connectivity index is 1.57. The number of hydrogen-bond donors (Lipinski definition) is 1. The van der Waals surface area contributed by atoms with E-state index in [0.29, 0.717) is 6.54 Å². The molecule has 0 saturated carbocycles. The molecule has 142 valence electrons. The Kier molecular flexibility index (Phi) is 5.75. The van der Waals surface area contributed by atoms with Gasteiger partial charge in [-0.25, -0.2) is 5.43 Å². The maximum atomic E-state index is 12.1. The van der Waals surface area contributed by atoms with E-state index < -0.39 is 10.8 Å². The number of aromatic nitrogens is 2. The predicted octanol–water partition coefficient (Wildman–Crippen LogP) is 2.61. The van der Waals surface area contributed by atoms with Crippen LogP contribution in [0.4, 0.5) is 5.69 Å². The quantitative estimate of drug-likeness (QED) is 0.385. The second-order valence-electron chi connectivity index (χ2n) is 5.79. The molecule has 0 bridgehead atoms. The zero-order valence-electron chi connectivity index (χ0n) is 15.0. The van der Waals surface area contributed by atoms with Crippen molar-refractivity contribution in [1.29, 1.82) is 0 Å². The number of ether oxygens (including phenoxy) is 1. The number of nitro groups is 1. The highest BCUT2D eigenvalue weighted by Gasteiger charge is 2.09. The highest BCUT2D eigenvalue weighted by atomic mass is 16.6. The first-order valence-electron chi connectivity index (χ1n) is 8.29. The average molecular weight is 379 g/mol. The van der Waals surface area contributed by atoms with E-state index in [4.69, 9.17) is 4.74 Å². The number of rotatable bonds is 7. The van der Waals surface area contributed by atoms with Gasteiger partial charge >= 0.3 is 0 Å². The van der Waals surface area contributed by atoms with Crippen LogP contribution in [0.5, 0.6) is 5.75 Å². The Hall–Kier alpha value is -4.01. The number of hydrazone groups is 1. The van der Waals surface area contributed by atoms with Crippen molar-refractivity contribution in [1.82, 2.24) is 15.2 Å². The number of nitrogens with zero attached hydrogens (tertiary/aromatic N) is 4. The van der Waals surface area contributed by atoms with Gasteiger partial charge in [-0.05, 0) is 41.5 Å². The predicted molar refractivity (Wildman–Crippen MR) is 102 cm³/mol. The van der Waals surface area contributed by atoms with Crippen LogP contribution < -0.4 is 10.2 Å². The van der Waals surface area contributed by atoms with Gasteiger partial charge < -0.3 is 4.74 Å². The van der Waals surface area contributed by atoms with Gasteiger partial charge in [-0.3, -0.25) is 19.6 Å². The molecular weight excluding hydrogens is 362 g/mol. The van der Waals surface area contributed by atoms with Crippen LogP contribution in [0.2, 0.25) is 0 Å². The molecule has 2 aromatic carbocycles. The monoisotopic (exact) mass is 379 g/mol. The molecule has 0 unspecified atom stereocenters. The van der Waals surface area contributed by atoms with Gasteiger partial charge in [0.2, 0.25) is 0 Å².